The number of carbonyl (C=O) groups is 5. The van der Waals surface area contributed by atoms with Crippen molar-refractivity contribution in [1.29, 1.82) is 0 Å². The second kappa shape index (κ2) is 12.7. The van der Waals surface area contributed by atoms with Crippen LogP contribution in [0.5, 0.6) is 0 Å². The summed E-state index contributed by atoms with van der Waals surface area (Å²) in [7, 11) is 1.21. The Morgan fingerprint density at radius 3 is 2.16 bits per heavy atom. The van der Waals surface area contributed by atoms with Gasteiger partial charge in [-0.2, -0.15) is 0 Å². The molecule has 11 nitrogen and oxygen atoms in total. The van der Waals surface area contributed by atoms with Crippen LogP contribution in [0.1, 0.15) is 69.7 Å². The molecule has 1 saturated carbocycles. The zero-order chi connectivity index (χ0) is 28.8. The number of benzene rings is 1. The van der Waals surface area contributed by atoms with Crippen molar-refractivity contribution in [2.45, 2.75) is 84.5 Å². The monoisotopic (exact) mass is 532 g/mol. The topological polar surface area (TPSA) is 157 Å². The Morgan fingerprint density at radius 2 is 1.68 bits per heavy atom. The molecule has 0 saturated heterocycles. The first kappa shape index (κ1) is 30.6. The normalized spacial score (nSPS) is 18.0. The number of alkyl carbamates (subject to hydrolysis) is 1. The number of hydrogen-bond donors (Lipinski definition) is 3. The summed E-state index contributed by atoms with van der Waals surface area (Å²) in [6, 6.07) is 2.99. The number of primary amides is 1. The Bertz CT molecular complexity index is 1050. The van der Waals surface area contributed by atoms with Gasteiger partial charge in [0.25, 0.3) is 0 Å². The van der Waals surface area contributed by atoms with E-state index in [9.17, 15) is 24.0 Å². The van der Waals surface area contributed by atoms with Gasteiger partial charge in [-0.3, -0.25) is 19.2 Å². The number of aryl methyl sites for hydroxylation is 2. The lowest BCUT2D eigenvalue weighted by molar-refractivity contribution is -0.145. The zero-order valence-corrected chi connectivity index (χ0v) is 23.3. The van der Waals surface area contributed by atoms with Crippen LogP contribution in [0.25, 0.3) is 0 Å². The second-order valence-corrected chi connectivity index (χ2v) is 10.8. The largest absolute Gasteiger partial charge is 0.468 e. The Balaban J connectivity index is 2.53. The molecule has 11 heteroatoms. The summed E-state index contributed by atoms with van der Waals surface area (Å²) < 4.78 is 9.98. The van der Waals surface area contributed by atoms with Crippen LogP contribution >= 0.6 is 0 Å². The SMILES string of the molecule is COC(=O)CNC(=O)C(c1cc(C)cc(C)c1)N(C(=O)C(CCC(N)=O)NC(=O)OC(C)(C)C)C1CC1C. The van der Waals surface area contributed by atoms with Crippen molar-refractivity contribution in [1.82, 2.24) is 15.5 Å². The van der Waals surface area contributed by atoms with E-state index in [4.69, 9.17) is 10.5 Å². The van der Waals surface area contributed by atoms with Crippen molar-refractivity contribution in [2.24, 2.45) is 11.7 Å². The molecule has 0 heterocycles. The maximum Gasteiger partial charge on any atom is 0.408 e. The summed E-state index contributed by atoms with van der Waals surface area (Å²) in [4.78, 5) is 65.1. The molecule has 4 amide bonds. The predicted octanol–water partition coefficient (Wildman–Crippen LogP) is 2.03. The Kier molecular flexibility index (Phi) is 10.3. The number of hydrogen-bond acceptors (Lipinski definition) is 7. The Morgan fingerprint density at radius 1 is 1.11 bits per heavy atom. The molecule has 4 unspecified atom stereocenters. The Hall–Kier alpha value is -3.63. The number of nitrogens with zero attached hydrogens (tertiary/aromatic N) is 1. The van der Waals surface area contributed by atoms with Gasteiger partial charge in [-0.05, 0) is 58.9 Å². The van der Waals surface area contributed by atoms with E-state index >= 15 is 0 Å². The molecule has 0 aliphatic heterocycles. The average Bonchev–Trinajstić information content (AvgIpc) is 3.51. The van der Waals surface area contributed by atoms with Crippen LogP contribution < -0.4 is 16.4 Å². The maximum absolute atomic E-state index is 14.1. The van der Waals surface area contributed by atoms with E-state index < -0.39 is 47.5 Å². The van der Waals surface area contributed by atoms with Crippen LogP contribution in [-0.4, -0.2) is 66.0 Å². The maximum atomic E-state index is 14.1. The number of nitrogens with one attached hydrogen (secondary N) is 2. The molecule has 1 aromatic carbocycles. The summed E-state index contributed by atoms with van der Waals surface area (Å²) >= 11 is 0. The van der Waals surface area contributed by atoms with Gasteiger partial charge in [0.15, 0.2) is 0 Å². The molecule has 0 aromatic heterocycles. The summed E-state index contributed by atoms with van der Waals surface area (Å²) in [5.74, 6) is -2.30. The molecule has 4 atom stereocenters. The van der Waals surface area contributed by atoms with Crippen molar-refractivity contribution < 1.29 is 33.4 Å². The van der Waals surface area contributed by atoms with E-state index in [2.05, 4.69) is 15.4 Å². The number of carbonyl (C=O) groups excluding carboxylic acids is 5. The van der Waals surface area contributed by atoms with Crippen LogP contribution in [0.2, 0.25) is 0 Å². The first-order valence-electron chi connectivity index (χ1n) is 12.7. The molecule has 0 radical (unpaired) electrons. The first-order chi connectivity index (χ1) is 17.6. The molecule has 4 N–H and O–H groups in total. The number of rotatable bonds is 11. The molecule has 1 aliphatic rings. The molecule has 1 aromatic rings. The molecular weight excluding hydrogens is 492 g/mol. The number of esters is 1. The fraction of sp³-hybridized carbons (Fsp3) is 0.593. The van der Waals surface area contributed by atoms with Gasteiger partial charge < -0.3 is 30.7 Å². The second-order valence-electron chi connectivity index (χ2n) is 10.8. The Labute approximate surface area is 223 Å². The standard InChI is InChI=1S/C27H40N4O7/c1-15-10-16(2)12-18(11-15)23(24(34)29-14-22(33)37-7)31(20-13-17(20)3)25(35)19(8-9-21(28)32)30-26(36)38-27(4,5)6/h10-12,17,19-20,23H,8-9,13-14H2,1-7H3,(H2,28,32)(H,29,34)(H,30,36). The number of amides is 4. The third-order valence-corrected chi connectivity index (χ3v) is 6.07. The smallest absolute Gasteiger partial charge is 0.408 e. The van der Waals surface area contributed by atoms with E-state index in [0.717, 1.165) is 11.1 Å². The lowest BCUT2D eigenvalue weighted by atomic mass is 9.97. The first-order valence-corrected chi connectivity index (χ1v) is 12.7. The highest BCUT2D eigenvalue weighted by atomic mass is 16.6. The summed E-state index contributed by atoms with van der Waals surface area (Å²) in [5.41, 5.74) is 6.86. The van der Waals surface area contributed by atoms with Gasteiger partial charge in [0.05, 0.1) is 7.11 Å². The van der Waals surface area contributed by atoms with Crippen LogP contribution in [0.15, 0.2) is 18.2 Å². The third kappa shape index (κ3) is 9.04. The number of nitrogens with two attached hydrogens (primary N) is 1. The quantitative estimate of drug-likeness (QED) is 0.368. The summed E-state index contributed by atoms with van der Waals surface area (Å²) in [6.07, 6.45) is -0.425. The van der Waals surface area contributed by atoms with Crippen molar-refractivity contribution in [2.75, 3.05) is 13.7 Å². The molecule has 0 spiro atoms. The van der Waals surface area contributed by atoms with E-state index in [0.29, 0.717) is 12.0 Å². The van der Waals surface area contributed by atoms with E-state index in [-0.39, 0.29) is 31.3 Å². The van der Waals surface area contributed by atoms with Crippen molar-refractivity contribution in [3.8, 4) is 0 Å². The molecule has 1 aliphatic carbocycles. The van der Waals surface area contributed by atoms with Crippen LogP contribution in [0.4, 0.5) is 4.79 Å². The summed E-state index contributed by atoms with van der Waals surface area (Å²) in [5, 5.41) is 5.14. The van der Waals surface area contributed by atoms with E-state index in [1.807, 2.05) is 39.0 Å². The van der Waals surface area contributed by atoms with Crippen LogP contribution in [0, 0.1) is 19.8 Å². The molecule has 38 heavy (non-hydrogen) atoms. The molecular formula is C27H40N4O7. The van der Waals surface area contributed by atoms with Crippen molar-refractivity contribution in [3.05, 3.63) is 34.9 Å². The van der Waals surface area contributed by atoms with Gasteiger partial charge in [0.1, 0.15) is 24.2 Å². The highest BCUT2D eigenvalue weighted by molar-refractivity contribution is 5.94. The fourth-order valence-electron chi connectivity index (χ4n) is 4.28. The minimum absolute atomic E-state index is 0.0750. The van der Waals surface area contributed by atoms with Gasteiger partial charge in [-0.15, -0.1) is 0 Å². The fourth-order valence-corrected chi connectivity index (χ4v) is 4.28. The lowest BCUT2D eigenvalue weighted by Gasteiger charge is -2.35. The van der Waals surface area contributed by atoms with Crippen LogP contribution in [0.3, 0.4) is 0 Å². The van der Waals surface area contributed by atoms with E-state index in [1.54, 1.807) is 20.8 Å². The lowest BCUT2D eigenvalue weighted by Crippen LogP contribution is -2.54. The van der Waals surface area contributed by atoms with E-state index in [1.165, 1.54) is 12.0 Å². The van der Waals surface area contributed by atoms with Gasteiger partial charge in [0, 0.05) is 12.5 Å². The average molecular weight is 533 g/mol. The van der Waals surface area contributed by atoms with Gasteiger partial charge >= 0.3 is 12.1 Å². The zero-order valence-electron chi connectivity index (χ0n) is 23.3. The molecule has 0 bridgehead atoms. The molecule has 210 valence electrons. The van der Waals surface area contributed by atoms with Gasteiger partial charge in [-0.25, -0.2) is 4.79 Å². The van der Waals surface area contributed by atoms with Crippen molar-refractivity contribution in [3.63, 3.8) is 0 Å². The van der Waals surface area contributed by atoms with Gasteiger partial charge in [0.2, 0.25) is 17.7 Å². The highest BCUT2D eigenvalue weighted by Gasteiger charge is 2.48. The minimum atomic E-state index is -1.17. The highest BCUT2D eigenvalue weighted by Crippen LogP contribution is 2.41. The number of methoxy groups -OCH3 is 1. The predicted molar refractivity (Wildman–Crippen MR) is 140 cm³/mol. The molecule has 2 rings (SSSR count). The minimum Gasteiger partial charge on any atom is -0.468 e. The van der Waals surface area contributed by atoms with Crippen LogP contribution in [-0.2, 0) is 28.7 Å². The third-order valence-electron chi connectivity index (χ3n) is 6.07. The molecule has 1 fully saturated rings. The summed E-state index contributed by atoms with van der Waals surface area (Å²) in [6.45, 7) is 10.4. The van der Waals surface area contributed by atoms with Gasteiger partial charge in [-0.1, -0.05) is 36.2 Å². The number of ether oxygens (including phenoxy) is 2. The van der Waals surface area contributed by atoms with Crippen molar-refractivity contribution >= 4 is 29.8 Å².